The third kappa shape index (κ3) is 3.25. The molecule has 1 rings (SSSR count). The molecular weight excluding hydrogens is 242 g/mol. The molecule has 3 nitrogen and oxygen atoms in total. The van der Waals surface area contributed by atoms with Crippen LogP contribution in [0.4, 0.5) is 10.1 Å². The molecular formula is C9H9Cl2FN2O. The highest BCUT2D eigenvalue weighted by molar-refractivity contribution is 6.39. The highest BCUT2D eigenvalue weighted by atomic mass is 35.5. The van der Waals surface area contributed by atoms with Crippen LogP contribution in [0.5, 0.6) is 0 Å². The molecule has 0 spiro atoms. The zero-order valence-electron chi connectivity index (χ0n) is 7.90. The molecule has 15 heavy (non-hydrogen) atoms. The van der Waals surface area contributed by atoms with Crippen molar-refractivity contribution in [2.24, 2.45) is 0 Å². The molecule has 0 aliphatic rings. The number of hydrogen-bond acceptors (Lipinski definition) is 2. The Hall–Kier alpha value is -1.00. The summed E-state index contributed by atoms with van der Waals surface area (Å²) in [5, 5.41) is 5.43. The van der Waals surface area contributed by atoms with Gasteiger partial charge in [0.15, 0.2) is 0 Å². The summed E-state index contributed by atoms with van der Waals surface area (Å²) in [7, 11) is 1.51. The van der Waals surface area contributed by atoms with Crippen LogP contribution in [0.2, 0.25) is 10.0 Å². The van der Waals surface area contributed by atoms with E-state index in [0.29, 0.717) is 5.69 Å². The average Bonchev–Trinajstić information content (AvgIpc) is 2.15. The lowest BCUT2D eigenvalue weighted by Crippen LogP contribution is -2.26. The van der Waals surface area contributed by atoms with Crippen LogP contribution in [0.1, 0.15) is 0 Å². The van der Waals surface area contributed by atoms with Gasteiger partial charge in [-0.2, -0.15) is 0 Å². The lowest BCUT2D eigenvalue weighted by molar-refractivity contribution is -0.118. The number of amides is 1. The van der Waals surface area contributed by atoms with Crippen molar-refractivity contribution in [1.82, 2.24) is 5.32 Å². The van der Waals surface area contributed by atoms with E-state index >= 15 is 0 Å². The van der Waals surface area contributed by atoms with E-state index in [9.17, 15) is 9.18 Å². The second-order valence-corrected chi connectivity index (χ2v) is 3.59. The van der Waals surface area contributed by atoms with E-state index < -0.39 is 5.82 Å². The van der Waals surface area contributed by atoms with Crippen molar-refractivity contribution >= 4 is 34.8 Å². The van der Waals surface area contributed by atoms with Crippen molar-refractivity contribution in [2.75, 3.05) is 18.9 Å². The van der Waals surface area contributed by atoms with Gasteiger partial charge in [-0.05, 0) is 12.1 Å². The van der Waals surface area contributed by atoms with E-state index in [1.165, 1.54) is 7.05 Å². The molecule has 0 saturated carbocycles. The van der Waals surface area contributed by atoms with Crippen molar-refractivity contribution in [3.63, 3.8) is 0 Å². The second-order valence-electron chi connectivity index (χ2n) is 2.77. The van der Waals surface area contributed by atoms with E-state index in [1.54, 1.807) is 0 Å². The van der Waals surface area contributed by atoms with Crippen molar-refractivity contribution < 1.29 is 9.18 Å². The predicted octanol–water partition coefficient (Wildman–Crippen LogP) is 2.29. The minimum Gasteiger partial charge on any atom is -0.374 e. The van der Waals surface area contributed by atoms with E-state index in [2.05, 4.69) is 10.6 Å². The Balaban J connectivity index is 2.81. The first-order valence-corrected chi connectivity index (χ1v) is 4.89. The third-order valence-electron chi connectivity index (χ3n) is 1.71. The number of benzene rings is 1. The molecule has 0 saturated heterocycles. The fourth-order valence-electron chi connectivity index (χ4n) is 0.968. The maximum atomic E-state index is 12.8. The van der Waals surface area contributed by atoms with E-state index in [0.717, 1.165) is 12.1 Å². The molecule has 0 fully saturated rings. The van der Waals surface area contributed by atoms with Gasteiger partial charge in [-0.15, -0.1) is 0 Å². The Morgan fingerprint density at radius 1 is 1.40 bits per heavy atom. The number of nitrogens with one attached hydrogen (secondary N) is 2. The molecule has 1 aromatic rings. The Labute approximate surface area is 96.6 Å². The van der Waals surface area contributed by atoms with Gasteiger partial charge < -0.3 is 10.6 Å². The number of hydrogen-bond donors (Lipinski definition) is 2. The Morgan fingerprint density at radius 3 is 2.40 bits per heavy atom. The average molecular weight is 251 g/mol. The summed E-state index contributed by atoms with van der Waals surface area (Å²) < 4.78 is 12.8. The summed E-state index contributed by atoms with van der Waals surface area (Å²) in [6.07, 6.45) is 0. The monoisotopic (exact) mass is 250 g/mol. The molecule has 1 amide bonds. The minimum absolute atomic E-state index is 0.0293. The summed E-state index contributed by atoms with van der Waals surface area (Å²) in [4.78, 5) is 10.9. The van der Waals surface area contributed by atoms with Gasteiger partial charge in [-0.1, -0.05) is 23.2 Å². The van der Waals surface area contributed by atoms with Crippen LogP contribution >= 0.6 is 23.2 Å². The summed E-state index contributed by atoms with van der Waals surface area (Å²) in [5.74, 6) is -0.734. The van der Waals surface area contributed by atoms with Crippen LogP contribution in [0, 0.1) is 5.82 Å². The van der Waals surface area contributed by atoms with Crippen LogP contribution in [-0.2, 0) is 4.79 Å². The number of carbonyl (C=O) groups excluding carboxylic acids is 1. The molecule has 0 aliphatic carbocycles. The number of likely N-dealkylation sites (N-methyl/N-ethyl adjacent to an activating group) is 1. The van der Waals surface area contributed by atoms with Gasteiger partial charge in [0.2, 0.25) is 5.91 Å². The standard InChI is InChI=1S/C9H9Cl2FN2O/c1-13-8(15)4-14-9-6(10)2-5(12)3-7(9)11/h2-3,14H,4H2,1H3,(H,13,15). The first-order chi connectivity index (χ1) is 7.04. The lowest BCUT2D eigenvalue weighted by Gasteiger charge is -2.09. The maximum absolute atomic E-state index is 12.8. The molecule has 6 heteroatoms. The summed E-state index contributed by atoms with van der Waals surface area (Å²) in [6.45, 7) is 0.0293. The number of anilines is 1. The SMILES string of the molecule is CNC(=O)CNc1c(Cl)cc(F)cc1Cl. The molecule has 0 aromatic heterocycles. The quantitative estimate of drug-likeness (QED) is 0.865. The molecule has 82 valence electrons. The number of carbonyl (C=O) groups is 1. The van der Waals surface area contributed by atoms with Crippen LogP contribution in [0.25, 0.3) is 0 Å². The van der Waals surface area contributed by atoms with Crippen molar-refractivity contribution in [2.45, 2.75) is 0 Å². The normalized spacial score (nSPS) is 9.87. The van der Waals surface area contributed by atoms with Crippen molar-refractivity contribution in [3.05, 3.63) is 28.0 Å². The van der Waals surface area contributed by atoms with Gasteiger partial charge in [-0.3, -0.25) is 4.79 Å². The number of halogens is 3. The lowest BCUT2D eigenvalue weighted by atomic mass is 10.3. The Bertz CT molecular complexity index is 361. The Kier molecular flexibility index (Phi) is 4.17. The van der Waals surface area contributed by atoms with Crippen LogP contribution in [-0.4, -0.2) is 19.5 Å². The van der Waals surface area contributed by atoms with Crippen molar-refractivity contribution in [1.29, 1.82) is 0 Å². The van der Waals surface area contributed by atoms with Gasteiger partial charge in [-0.25, -0.2) is 4.39 Å². The van der Waals surface area contributed by atoms with Gasteiger partial charge in [0.1, 0.15) is 5.82 Å². The first kappa shape index (κ1) is 12.1. The number of rotatable bonds is 3. The smallest absolute Gasteiger partial charge is 0.239 e. The third-order valence-corrected chi connectivity index (χ3v) is 2.31. The fraction of sp³-hybridized carbons (Fsp3) is 0.222. The van der Waals surface area contributed by atoms with Gasteiger partial charge >= 0.3 is 0 Å². The van der Waals surface area contributed by atoms with Gasteiger partial charge in [0, 0.05) is 7.05 Å². The van der Waals surface area contributed by atoms with Gasteiger partial charge in [0.25, 0.3) is 0 Å². The van der Waals surface area contributed by atoms with Crippen molar-refractivity contribution in [3.8, 4) is 0 Å². The largest absolute Gasteiger partial charge is 0.374 e. The van der Waals surface area contributed by atoms with E-state index in [-0.39, 0.29) is 22.5 Å². The van der Waals surface area contributed by atoms with Crippen LogP contribution in [0.3, 0.4) is 0 Å². The fourth-order valence-corrected chi connectivity index (χ4v) is 1.56. The predicted molar refractivity (Wildman–Crippen MR) is 59.0 cm³/mol. The highest BCUT2D eigenvalue weighted by Crippen LogP contribution is 2.30. The molecule has 2 N–H and O–H groups in total. The molecule has 0 aliphatic heterocycles. The Morgan fingerprint density at radius 2 is 1.93 bits per heavy atom. The highest BCUT2D eigenvalue weighted by Gasteiger charge is 2.09. The van der Waals surface area contributed by atoms with Gasteiger partial charge in [0.05, 0.1) is 22.3 Å². The summed E-state index contributed by atoms with van der Waals surface area (Å²) in [6, 6.07) is 2.25. The van der Waals surface area contributed by atoms with Crippen LogP contribution < -0.4 is 10.6 Å². The zero-order chi connectivity index (χ0) is 11.4. The second kappa shape index (κ2) is 5.19. The molecule has 1 aromatic carbocycles. The molecule has 0 radical (unpaired) electrons. The van der Waals surface area contributed by atoms with E-state index in [4.69, 9.17) is 23.2 Å². The topological polar surface area (TPSA) is 41.1 Å². The maximum Gasteiger partial charge on any atom is 0.239 e. The minimum atomic E-state index is -0.518. The molecule has 0 bridgehead atoms. The summed E-state index contributed by atoms with van der Waals surface area (Å²) in [5.41, 5.74) is 0.350. The molecule has 0 heterocycles. The summed E-state index contributed by atoms with van der Waals surface area (Å²) >= 11 is 11.5. The van der Waals surface area contributed by atoms with Crippen LogP contribution in [0.15, 0.2) is 12.1 Å². The zero-order valence-corrected chi connectivity index (χ0v) is 9.42. The van der Waals surface area contributed by atoms with E-state index in [1.807, 2.05) is 0 Å². The first-order valence-electron chi connectivity index (χ1n) is 4.13. The molecule has 0 atom stereocenters. The molecule has 0 unspecified atom stereocenters.